The summed E-state index contributed by atoms with van der Waals surface area (Å²) in [4.78, 5) is 11.5. The zero-order valence-electron chi connectivity index (χ0n) is 17.4. The second-order valence-electron chi connectivity index (χ2n) is 7.76. The third-order valence-corrected chi connectivity index (χ3v) is 5.69. The van der Waals surface area contributed by atoms with Gasteiger partial charge in [-0.05, 0) is 55.6 Å². The predicted octanol–water partition coefficient (Wildman–Crippen LogP) is 4.90. The Morgan fingerprint density at radius 3 is 2.67 bits per heavy atom. The molecule has 4 rings (SSSR count). The van der Waals surface area contributed by atoms with Gasteiger partial charge in [0.05, 0.1) is 16.8 Å². The Morgan fingerprint density at radius 1 is 1.13 bits per heavy atom. The van der Waals surface area contributed by atoms with E-state index in [0.29, 0.717) is 17.6 Å². The van der Waals surface area contributed by atoms with Crippen molar-refractivity contribution in [3.63, 3.8) is 0 Å². The fraction of sp³-hybridized carbons (Fsp3) is 0.391. The van der Waals surface area contributed by atoms with Crippen LogP contribution in [0.15, 0.2) is 36.5 Å². The molecule has 1 aliphatic heterocycles. The maximum absolute atomic E-state index is 14.7. The van der Waals surface area contributed by atoms with Crippen molar-refractivity contribution in [3.05, 3.63) is 48.2 Å². The van der Waals surface area contributed by atoms with Crippen LogP contribution in [0.25, 0.3) is 22.0 Å². The van der Waals surface area contributed by atoms with Crippen LogP contribution >= 0.6 is 0 Å². The van der Waals surface area contributed by atoms with Gasteiger partial charge in [0.15, 0.2) is 5.82 Å². The first kappa shape index (κ1) is 20.5. The van der Waals surface area contributed by atoms with Crippen molar-refractivity contribution in [2.45, 2.75) is 32.2 Å². The standard InChI is InChI=1S/C23H27F2N5/c1-3-10-30-11-8-17(9-12-30)28-23-27-14-16-13-15(4-6-19(16)29-23)21-18(24)5-7-20(26-2)22(21)25/h4-7,13-14,17,26H,3,8-12H2,1-2H3,(H,27,28,29). The van der Waals surface area contributed by atoms with Crippen LogP contribution in [-0.2, 0) is 0 Å². The molecule has 0 radical (unpaired) electrons. The minimum absolute atomic E-state index is 0.0511. The highest BCUT2D eigenvalue weighted by Crippen LogP contribution is 2.32. The van der Waals surface area contributed by atoms with Gasteiger partial charge in [0.25, 0.3) is 0 Å². The van der Waals surface area contributed by atoms with Crippen LogP contribution in [0.1, 0.15) is 26.2 Å². The Hall–Kier alpha value is -2.80. The van der Waals surface area contributed by atoms with Crippen LogP contribution in [0, 0.1) is 11.6 Å². The summed E-state index contributed by atoms with van der Waals surface area (Å²) in [6.07, 6.45) is 5.03. The van der Waals surface area contributed by atoms with Gasteiger partial charge < -0.3 is 15.5 Å². The SMILES string of the molecule is CCCN1CCC(Nc2ncc3cc(-c4c(F)ccc(NC)c4F)ccc3n2)CC1. The maximum atomic E-state index is 14.7. The molecule has 5 nitrogen and oxygen atoms in total. The molecule has 1 saturated heterocycles. The molecule has 2 heterocycles. The van der Waals surface area contributed by atoms with Crippen LogP contribution in [0.5, 0.6) is 0 Å². The summed E-state index contributed by atoms with van der Waals surface area (Å²) < 4.78 is 29.0. The fourth-order valence-corrected chi connectivity index (χ4v) is 4.07. The zero-order valence-corrected chi connectivity index (χ0v) is 17.4. The van der Waals surface area contributed by atoms with Gasteiger partial charge in [0, 0.05) is 37.8 Å². The Kier molecular flexibility index (Phi) is 6.08. The van der Waals surface area contributed by atoms with Crippen LogP contribution in [0.2, 0.25) is 0 Å². The van der Waals surface area contributed by atoms with E-state index in [1.54, 1.807) is 31.4 Å². The lowest BCUT2D eigenvalue weighted by atomic mass is 10.0. The Balaban J connectivity index is 1.54. The molecule has 0 bridgehead atoms. The molecule has 2 N–H and O–H groups in total. The van der Waals surface area contributed by atoms with Crippen molar-refractivity contribution in [2.24, 2.45) is 0 Å². The zero-order chi connectivity index (χ0) is 21.1. The lowest BCUT2D eigenvalue weighted by Crippen LogP contribution is -2.39. The summed E-state index contributed by atoms with van der Waals surface area (Å²) in [5.74, 6) is -0.608. The number of hydrogen-bond acceptors (Lipinski definition) is 5. The highest BCUT2D eigenvalue weighted by molar-refractivity contribution is 5.85. The van der Waals surface area contributed by atoms with Gasteiger partial charge >= 0.3 is 0 Å². The molecule has 7 heteroatoms. The molecule has 0 amide bonds. The Morgan fingerprint density at radius 2 is 1.93 bits per heavy atom. The predicted molar refractivity (Wildman–Crippen MR) is 118 cm³/mol. The van der Waals surface area contributed by atoms with Gasteiger partial charge in [-0.3, -0.25) is 0 Å². The van der Waals surface area contributed by atoms with Crippen molar-refractivity contribution in [1.82, 2.24) is 14.9 Å². The van der Waals surface area contributed by atoms with E-state index in [2.05, 4.69) is 32.4 Å². The van der Waals surface area contributed by atoms with Crippen LogP contribution < -0.4 is 10.6 Å². The Labute approximate surface area is 175 Å². The quantitative estimate of drug-likeness (QED) is 0.604. The molecule has 1 fully saturated rings. The third-order valence-electron chi connectivity index (χ3n) is 5.69. The average Bonchev–Trinajstić information content (AvgIpc) is 2.75. The summed E-state index contributed by atoms with van der Waals surface area (Å²) in [5.41, 5.74) is 1.41. The summed E-state index contributed by atoms with van der Waals surface area (Å²) in [6.45, 7) is 5.54. The molecule has 1 aromatic heterocycles. The first-order chi connectivity index (χ1) is 14.6. The topological polar surface area (TPSA) is 53.1 Å². The molecule has 0 unspecified atom stereocenters. The molecule has 0 aliphatic carbocycles. The summed E-state index contributed by atoms with van der Waals surface area (Å²) in [6, 6.07) is 8.23. The average molecular weight is 412 g/mol. The molecular formula is C23H27F2N5. The van der Waals surface area contributed by atoms with E-state index in [1.807, 2.05) is 0 Å². The van der Waals surface area contributed by atoms with Crippen LogP contribution in [0.4, 0.5) is 20.4 Å². The molecular weight excluding hydrogens is 384 g/mol. The molecule has 1 aliphatic rings. The van der Waals surface area contributed by atoms with Gasteiger partial charge in [0.1, 0.15) is 5.82 Å². The molecule has 30 heavy (non-hydrogen) atoms. The third kappa shape index (κ3) is 4.21. The van der Waals surface area contributed by atoms with Gasteiger partial charge in [-0.15, -0.1) is 0 Å². The second-order valence-corrected chi connectivity index (χ2v) is 7.76. The smallest absolute Gasteiger partial charge is 0.223 e. The highest BCUT2D eigenvalue weighted by atomic mass is 19.1. The lowest BCUT2D eigenvalue weighted by Gasteiger charge is -2.32. The Bertz CT molecular complexity index is 1030. The fourth-order valence-electron chi connectivity index (χ4n) is 4.07. The molecule has 0 atom stereocenters. The molecule has 3 aromatic rings. The van der Waals surface area contributed by atoms with E-state index in [9.17, 15) is 8.78 Å². The molecule has 0 spiro atoms. The summed E-state index contributed by atoms with van der Waals surface area (Å²) in [7, 11) is 1.61. The van der Waals surface area contributed by atoms with Gasteiger partial charge in [0.2, 0.25) is 5.95 Å². The molecule has 0 saturated carbocycles. The number of likely N-dealkylation sites (tertiary alicyclic amines) is 1. The number of nitrogens with one attached hydrogen (secondary N) is 2. The number of hydrogen-bond donors (Lipinski definition) is 2. The van der Waals surface area contributed by atoms with Gasteiger partial charge in [-0.1, -0.05) is 13.0 Å². The first-order valence-electron chi connectivity index (χ1n) is 10.5. The lowest BCUT2D eigenvalue weighted by molar-refractivity contribution is 0.219. The van der Waals surface area contributed by atoms with E-state index < -0.39 is 11.6 Å². The van der Waals surface area contributed by atoms with Gasteiger partial charge in [-0.25, -0.2) is 18.7 Å². The number of anilines is 2. The van der Waals surface area contributed by atoms with Crippen molar-refractivity contribution in [3.8, 4) is 11.1 Å². The van der Waals surface area contributed by atoms with Crippen molar-refractivity contribution >= 4 is 22.5 Å². The number of rotatable bonds is 6. The second kappa shape index (κ2) is 8.92. The van der Waals surface area contributed by atoms with Crippen molar-refractivity contribution in [1.29, 1.82) is 0 Å². The number of piperidine rings is 1. The van der Waals surface area contributed by atoms with E-state index in [4.69, 9.17) is 0 Å². The number of aromatic nitrogens is 2. The van der Waals surface area contributed by atoms with E-state index >= 15 is 0 Å². The number of fused-ring (bicyclic) bond motifs is 1. The van der Waals surface area contributed by atoms with E-state index in [1.165, 1.54) is 18.6 Å². The minimum Gasteiger partial charge on any atom is -0.386 e. The highest BCUT2D eigenvalue weighted by Gasteiger charge is 2.19. The summed E-state index contributed by atoms with van der Waals surface area (Å²) >= 11 is 0. The summed E-state index contributed by atoms with van der Waals surface area (Å²) in [5, 5.41) is 6.93. The minimum atomic E-state index is -0.606. The number of halogens is 2. The van der Waals surface area contributed by atoms with Crippen molar-refractivity contribution < 1.29 is 8.78 Å². The monoisotopic (exact) mass is 411 g/mol. The normalized spacial score (nSPS) is 15.5. The van der Waals surface area contributed by atoms with E-state index in [-0.39, 0.29) is 11.3 Å². The molecule has 158 valence electrons. The maximum Gasteiger partial charge on any atom is 0.223 e. The van der Waals surface area contributed by atoms with Crippen LogP contribution in [0.3, 0.4) is 0 Å². The van der Waals surface area contributed by atoms with Crippen LogP contribution in [-0.4, -0.2) is 47.6 Å². The first-order valence-corrected chi connectivity index (χ1v) is 10.5. The largest absolute Gasteiger partial charge is 0.386 e. The number of benzene rings is 2. The van der Waals surface area contributed by atoms with E-state index in [0.717, 1.165) is 43.4 Å². The van der Waals surface area contributed by atoms with Gasteiger partial charge in [-0.2, -0.15) is 0 Å². The number of nitrogens with zero attached hydrogens (tertiary/aromatic N) is 3. The van der Waals surface area contributed by atoms with Crippen molar-refractivity contribution in [2.75, 3.05) is 37.3 Å². The molecule has 2 aromatic carbocycles.